The van der Waals surface area contributed by atoms with E-state index in [9.17, 15) is 18.0 Å². The van der Waals surface area contributed by atoms with Crippen LogP contribution in [0.15, 0.2) is 29.2 Å². The van der Waals surface area contributed by atoms with Gasteiger partial charge in [0.1, 0.15) is 0 Å². The normalized spacial score (nSPS) is 13.3. The molecule has 0 aliphatic carbocycles. The SMILES string of the molecule is CC(C)[C@H](N)C(=O)Nc1ccccc1SCC(F)(F)F. The van der Waals surface area contributed by atoms with E-state index >= 15 is 0 Å². The zero-order valence-corrected chi connectivity index (χ0v) is 12.0. The van der Waals surface area contributed by atoms with E-state index in [0.29, 0.717) is 22.3 Å². The first-order valence-electron chi connectivity index (χ1n) is 6.05. The van der Waals surface area contributed by atoms with Gasteiger partial charge in [0.25, 0.3) is 0 Å². The highest BCUT2D eigenvalue weighted by atomic mass is 32.2. The van der Waals surface area contributed by atoms with E-state index in [1.54, 1.807) is 32.0 Å². The summed E-state index contributed by atoms with van der Waals surface area (Å²) in [5.41, 5.74) is 6.05. The molecular formula is C13H17F3N2OS. The summed E-state index contributed by atoms with van der Waals surface area (Å²) in [6.07, 6.45) is -4.25. The number of thioether (sulfide) groups is 1. The minimum absolute atomic E-state index is 0.0509. The predicted molar refractivity (Wildman–Crippen MR) is 74.7 cm³/mol. The van der Waals surface area contributed by atoms with Crippen molar-refractivity contribution in [1.29, 1.82) is 0 Å². The highest BCUT2D eigenvalue weighted by molar-refractivity contribution is 7.99. The summed E-state index contributed by atoms with van der Waals surface area (Å²) in [5.74, 6) is -1.46. The first-order valence-corrected chi connectivity index (χ1v) is 7.04. The van der Waals surface area contributed by atoms with Gasteiger partial charge in [-0.05, 0) is 18.1 Å². The standard InChI is InChI=1S/C13H17F3N2OS/c1-8(2)11(17)12(19)18-9-5-3-4-6-10(9)20-7-13(14,15)16/h3-6,8,11H,7,17H2,1-2H3,(H,18,19)/t11-/m0/s1. The number of hydrogen-bond acceptors (Lipinski definition) is 3. The van der Waals surface area contributed by atoms with E-state index in [4.69, 9.17) is 5.73 Å². The molecule has 3 N–H and O–H groups in total. The van der Waals surface area contributed by atoms with Crippen molar-refractivity contribution in [3.8, 4) is 0 Å². The molecule has 1 aromatic carbocycles. The fourth-order valence-electron chi connectivity index (χ4n) is 1.37. The lowest BCUT2D eigenvalue weighted by atomic mass is 10.1. The number of anilines is 1. The molecule has 0 spiro atoms. The fraction of sp³-hybridized carbons (Fsp3) is 0.462. The van der Waals surface area contributed by atoms with Gasteiger partial charge < -0.3 is 11.1 Å². The minimum Gasteiger partial charge on any atom is -0.324 e. The van der Waals surface area contributed by atoms with E-state index in [-0.39, 0.29) is 5.92 Å². The van der Waals surface area contributed by atoms with Gasteiger partial charge in [-0.1, -0.05) is 26.0 Å². The smallest absolute Gasteiger partial charge is 0.324 e. The van der Waals surface area contributed by atoms with Crippen LogP contribution in [0.25, 0.3) is 0 Å². The third kappa shape index (κ3) is 5.42. The van der Waals surface area contributed by atoms with E-state index in [1.807, 2.05) is 0 Å². The lowest BCUT2D eigenvalue weighted by Crippen LogP contribution is -2.39. The van der Waals surface area contributed by atoms with Crippen LogP contribution in [0.1, 0.15) is 13.8 Å². The van der Waals surface area contributed by atoms with Crippen molar-refractivity contribution >= 4 is 23.4 Å². The number of nitrogens with one attached hydrogen (secondary N) is 1. The Balaban J connectivity index is 2.78. The molecule has 0 radical (unpaired) electrons. The van der Waals surface area contributed by atoms with Crippen molar-refractivity contribution in [1.82, 2.24) is 0 Å². The van der Waals surface area contributed by atoms with Crippen molar-refractivity contribution in [2.75, 3.05) is 11.1 Å². The largest absolute Gasteiger partial charge is 0.398 e. The molecule has 0 bridgehead atoms. The van der Waals surface area contributed by atoms with Gasteiger partial charge in [0.2, 0.25) is 5.91 Å². The molecule has 112 valence electrons. The number of alkyl halides is 3. The van der Waals surface area contributed by atoms with Crippen LogP contribution in [0.4, 0.5) is 18.9 Å². The number of para-hydroxylation sites is 1. The molecule has 0 saturated heterocycles. The van der Waals surface area contributed by atoms with Gasteiger partial charge in [-0.15, -0.1) is 11.8 Å². The van der Waals surface area contributed by atoms with Crippen LogP contribution in [0.2, 0.25) is 0 Å². The van der Waals surface area contributed by atoms with Gasteiger partial charge in [0.15, 0.2) is 0 Å². The number of carbonyl (C=O) groups is 1. The molecule has 0 aliphatic rings. The van der Waals surface area contributed by atoms with Gasteiger partial charge >= 0.3 is 6.18 Å². The van der Waals surface area contributed by atoms with Crippen LogP contribution in [0.3, 0.4) is 0 Å². The fourth-order valence-corrected chi connectivity index (χ4v) is 2.14. The summed E-state index contributed by atoms with van der Waals surface area (Å²) in [5, 5.41) is 2.58. The number of rotatable bonds is 5. The Hall–Kier alpha value is -1.21. The third-order valence-corrected chi connectivity index (χ3v) is 3.70. The molecule has 1 atom stereocenters. The maximum Gasteiger partial charge on any atom is 0.398 e. The zero-order valence-electron chi connectivity index (χ0n) is 11.2. The highest BCUT2D eigenvalue weighted by Crippen LogP contribution is 2.32. The van der Waals surface area contributed by atoms with Crippen LogP contribution in [-0.2, 0) is 4.79 Å². The van der Waals surface area contributed by atoms with Crippen molar-refractivity contribution in [3.63, 3.8) is 0 Å². The Kier molecular flexibility index (Phi) is 5.88. The molecule has 1 rings (SSSR count). The van der Waals surface area contributed by atoms with Crippen molar-refractivity contribution in [2.24, 2.45) is 11.7 Å². The average molecular weight is 306 g/mol. The van der Waals surface area contributed by atoms with Crippen LogP contribution in [-0.4, -0.2) is 23.9 Å². The van der Waals surface area contributed by atoms with Crippen molar-refractivity contribution in [3.05, 3.63) is 24.3 Å². The van der Waals surface area contributed by atoms with Gasteiger partial charge in [-0.3, -0.25) is 4.79 Å². The van der Waals surface area contributed by atoms with E-state index in [2.05, 4.69) is 5.32 Å². The number of hydrogen-bond donors (Lipinski definition) is 2. The highest BCUT2D eigenvalue weighted by Gasteiger charge is 2.28. The summed E-state index contributed by atoms with van der Waals surface area (Å²) in [7, 11) is 0. The summed E-state index contributed by atoms with van der Waals surface area (Å²) >= 11 is 0.636. The minimum atomic E-state index is -4.25. The average Bonchev–Trinajstić information content (AvgIpc) is 2.35. The molecule has 1 amide bonds. The molecule has 0 fully saturated rings. The van der Waals surface area contributed by atoms with Crippen LogP contribution < -0.4 is 11.1 Å². The van der Waals surface area contributed by atoms with Crippen LogP contribution >= 0.6 is 11.8 Å². The van der Waals surface area contributed by atoms with Gasteiger partial charge in [0, 0.05) is 4.90 Å². The quantitative estimate of drug-likeness (QED) is 0.821. The summed E-state index contributed by atoms with van der Waals surface area (Å²) in [4.78, 5) is 12.2. The number of nitrogens with two attached hydrogens (primary N) is 1. The maximum atomic E-state index is 12.2. The second-order valence-electron chi connectivity index (χ2n) is 4.66. The molecule has 7 heteroatoms. The summed E-state index contributed by atoms with van der Waals surface area (Å²) < 4.78 is 36.7. The van der Waals surface area contributed by atoms with E-state index in [0.717, 1.165) is 0 Å². The Bertz CT molecular complexity index is 463. The molecule has 0 aliphatic heterocycles. The molecule has 3 nitrogen and oxygen atoms in total. The zero-order chi connectivity index (χ0) is 15.3. The lowest BCUT2D eigenvalue weighted by Gasteiger charge is -2.17. The predicted octanol–water partition coefficient (Wildman–Crippen LogP) is 3.26. The lowest BCUT2D eigenvalue weighted by molar-refractivity contribution is -0.118. The van der Waals surface area contributed by atoms with Crippen molar-refractivity contribution < 1.29 is 18.0 Å². The number of carbonyl (C=O) groups excluding carboxylic acids is 1. The Morgan fingerprint density at radius 2 is 1.95 bits per heavy atom. The molecule has 0 heterocycles. The monoisotopic (exact) mass is 306 g/mol. The van der Waals surface area contributed by atoms with Crippen molar-refractivity contribution in [2.45, 2.75) is 31.0 Å². The molecule has 20 heavy (non-hydrogen) atoms. The van der Waals surface area contributed by atoms with Gasteiger partial charge in [0.05, 0.1) is 17.5 Å². The second kappa shape index (κ2) is 6.99. The number of halogens is 3. The van der Waals surface area contributed by atoms with E-state index < -0.39 is 23.9 Å². The van der Waals surface area contributed by atoms with Gasteiger partial charge in [-0.2, -0.15) is 13.2 Å². The van der Waals surface area contributed by atoms with Crippen LogP contribution in [0, 0.1) is 5.92 Å². The second-order valence-corrected chi connectivity index (χ2v) is 5.68. The molecule has 0 saturated carbocycles. The Morgan fingerprint density at radius 1 is 1.35 bits per heavy atom. The molecular weight excluding hydrogens is 289 g/mol. The molecule has 1 aromatic rings. The third-order valence-electron chi connectivity index (χ3n) is 2.56. The first-order chi connectivity index (χ1) is 9.20. The molecule has 0 unspecified atom stereocenters. The summed E-state index contributed by atoms with van der Waals surface area (Å²) in [6, 6.07) is 5.66. The Labute approximate surface area is 120 Å². The number of benzene rings is 1. The Morgan fingerprint density at radius 3 is 2.50 bits per heavy atom. The summed E-state index contributed by atoms with van der Waals surface area (Å²) in [6.45, 7) is 3.60. The van der Waals surface area contributed by atoms with Gasteiger partial charge in [-0.25, -0.2) is 0 Å². The maximum absolute atomic E-state index is 12.2. The first kappa shape index (κ1) is 16.8. The molecule has 0 aromatic heterocycles. The van der Waals surface area contributed by atoms with Crippen LogP contribution in [0.5, 0.6) is 0 Å². The van der Waals surface area contributed by atoms with E-state index in [1.165, 1.54) is 6.07 Å². The topological polar surface area (TPSA) is 55.1 Å². The number of amides is 1.